The third kappa shape index (κ3) is 3.92. The molecule has 2 aromatic carbocycles. The fourth-order valence-electron chi connectivity index (χ4n) is 5.94. The molecule has 2 fully saturated rings. The number of aromatic nitrogens is 2. The van der Waals surface area contributed by atoms with Gasteiger partial charge in [0, 0.05) is 24.1 Å². The summed E-state index contributed by atoms with van der Waals surface area (Å²) in [4.78, 5) is 3.71. The van der Waals surface area contributed by atoms with E-state index in [9.17, 15) is 22.7 Å². The van der Waals surface area contributed by atoms with Gasteiger partial charge in [-0.2, -0.15) is 13.2 Å². The van der Waals surface area contributed by atoms with E-state index in [1.54, 1.807) is 24.3 Å². The fraction of sp³-hybridized carbons (Fsp3) is 0.423. The van der Waals surface area contributed by atoms with Crippen LogP contribution in [-0.2, 0) is 10.9 Å². The maximum absolute atomic E-state index is 13.5. The molecule has 0 unspecified atom stereocenters. The molecule has 1 N–H and O–H groups in total. The number of rotatable bonds is 4. The Balaban J connectivity index is 1.47. The smallest absolute Gasteiger partial charge is 0.396 e. The highest BCUT2D eigenvalue weighted by Crippen LogP contribution is 2.56. The van der Waals surface area contributed by atoms with Crippen molar-refractivity contribution in [2.24, 2.45) is 5.92 Å². The lowest BCUT2D eigenvalue weighted by Crippen LogP contribution is -2.34. The molecule has 0 bridgehead atoms. The summed E-state index contributed by atoms with van der Waals surface area (Å²) < 4.78 is 61.3. The first kappa shape index (κ1) is 23.1. The van der Waals surface area contributed by atoms with E-state index in [1.165, 1.54) is 18.5 Å². The van der Waals surface area contributed by atoms with Crippen molar-refractivity contribution in [3.63, 3.8) is 0 Å². The van der Waals surface area contributed by atoms with Crippen LogP contribution >= 0.6 is 0 Å². The van der Waals surface area contributed by atoms with Gasteiger partial charge in [0.05, 0.1) is 24.7 Å². The number of aryl methyl sites for hydroxylation is 1. The summed E-state index contributed by atoms with van der Waals surface area (Å²) in [5, 5.41) is 10.0. The maximum Gasteiger partial charge on any atom is 0.433 e. The number of imidazole rings is 1. The highest BCUT2D eigenvalue weighted by molar-refractivity contribution is 5.44. The molecule has 4 nitrogen and oxygen atoms in total. The van der Waals surface area contributed by atoms with Crippen LogP contribution in [0.4, 0.5) is 17.6 Å². The lowest BCUT2D eigenvalue weighted by molar-refractivity contribution is -0.142. The second kappa shape index (κ2) is 8.50. The van der Waals surface area contributed by atoms with Crippen molar-refractivity contribution in [2.75, 3.05) is 13.2 Å². The largest absolute Gasteiger partial charge is 0.433 e. The van der Waals surface area contributed by atoms with Crippen LogP contribution in [0.1, 0.15) is 53.5 Å². The van der Waals surface area contributed by atoms with Gasteiger partial charge >= 0.3 is 6.18 Å². The van der Waals surface area contributed by atoms with E-state index < -0.39 is 17.5 Å². The van der Waals surface area contributed by atoms with E-state index in [0.29, 0.717) is 18.7 Å². The molecule has 180 valence electrons. The van der Waals surface area contributed by atoms with Gasteiger partial charge in [-0.05, 0) is 73.1 Å². The Morgan fingerprint density at radius 1 is 1.18 bits per heavy atom. The Morgan fingerprint density at radius 3 is 2.65 bits per heavy atom. The van der Waals surface area contributed by atoms with E-state index in [4.69, 9.17) is 4.74 Å². The van der Waals surface area contributed by atoms with Crippen LogP contribution in [0, 0.1) is 18.7 Å². The first-order valence-electron chi connectivity index (χ1n) is 11.4. The van der Waals surface area contributed by atoms with Crippen molar-refractivity contribution in [2.45, 2.75) is 49.8 Å². The monoisotopic (exact) mass is 474 g/mol. The van der Waals surface area contributed by atoms with E-state index in [2.05, 4.69) is 4.98 Å². The molecule has 1 saturated carbocycles. The average molecular weight is 474 g/mol. The summed E-state index contributed by atoms with van der Waals surface area (Å²) in [7, 11) is 0. The number of halogens is 4. The Labute approximate surface area is 195 Å². The van der Waals surface area contributed by atoms with Crippen LogP contribution in [0.2, 0.25) is 0 Å². The quantitative estimate of drug-likeness (QED) is 0.489. The van der Waals surface area contributed by atoms with Gasteiger partial charge in [0.15, 0.2) is 0 Å². The zero-order valence-electron chi connectivity index (χ0n) is 18.7. The van der Waals surface area contributed by atoms with E-state index in [0.717, 1.165) is 40.3 Å². The average Bonchev–Trinajstić information content (AvgIpc) is 3.54. The molecule has 0 amide bonds. The lowest BCUT2D eigenvalue weighted by atomic mass is 9.76. The lowest BCUT2D eigenvalue weighted by Gasteiger charge is -2.33. The summed E-state index contributed by atoms with van der Waals surface area (Å²) in [6.07, 6.45) is -0.242. The van der Waals surface area contributed by atoms with Crippen LogP contribution in [0.15, 0.2) is 55.0 Å². The van der Waals surface area contributed by atoms with Crippen molar-refractivity contribution in [1.82, 2.24) is 9.55 Å². The molecule has 34 heavy (non-hydrogen) atoms. The molecule has 0 radical (unpaired) electrons. The summed E-state index contributed by atoms with van der Waals surface area (Å²) in [6, 6.07) is 11.7. The number of aliphatic hydroxyl groups excluding tert-OH is 1. The molecular weight excluding hydrogens is 448 g/mol. The van der Waals surface area contributed by atoms with Crippen molar-refractivity contribution < 1.29 is 27.4 Å². The Kier molecular flexibility index (Phi) is 5.76. The molecular formula is C26H26F4N2O2. The van der Waals surface area contributed by atoms with Crippen LogP contribution in [0.5, 0.6) is 0 Å². The molecule has 1 aromatic heterocycles. The molecule has 3 aromatic rings. The normalized spacial score (nSPS) is 27.1. The van der Waals surface area contributed by atoms with E-state index in [1.807, 2.05) is 13.0 Å². The second-order valence-corrected chi connectivity index (χ2v) is 9.47. The summed E-state index contributed by atoms with van der Waals surface area (Å²) in [5.74, 6) is -0.376. The Morgan fingerprint density at radius 2 is 1.94 bits per heavy atom. The third-order valence-electron chi connectivity index (χ3n) is 7.51. The number of hydrogen-bond donors (Lipinski definition) is 1. The Hall–Kier alpha value is -2.71. The van der Waals surface area contributed by atoms with E-state index in [-0.39, 0.29) is 30.2 Å². The number of ether oxygens (including phenoxy) is 1. The predicted octanol–water partition coefficient (Wildman–Crippen LogP) is 5.77. The number of alkyl halides is 3. The minimum Gasteiger partial charge on any atom is -0.396 e. The van der Waals surface area contributed by atoms with Crippen LogP contribution < -0.4 is 0 Å². The minimum absolute atomic E-state index is 0.00167. The van der Waals surface area contributed by atoms with Gasteiger partial charge in [-0.15, -0.1) is 0 Å². The van der Waals surface area contributed by atoms with Crippen molar-refractivity contribution in [3.8, 4) is 5.69 Å². The summed E-state index contributed by atoms with van der Waals surface area (Å²) in [5.41, 5.74) is 1.96. The molecule has 2 aliphatic rings. The Bertz CT molecular complexity index is 1170. The van der Waals surface area contributed by atoms with E-state index >= 15 is 0 Å². The van der Waals surface area contributed by atoms with Gasteiger partial charge in [-0.3, -0.25) is 4.57 Å². The van der Waals surface area contributed by atoms with Crippen molar-refractivity contribution in [1.29, 1.82) is 0 Å². The molecule has 1 aliphatic heterocycles. The first-order valence-corrected chi connectivity index (χ1v) is 11.4. The van der Waals surface area contributed by atoms with Gasteiger partial charge in [-0.25, -0.2) is 9.37 Å². The van der Waals surface area contributed by atoms with Gasteiger partial charge in [0.1, 0.15) is 11.5 Å². The van der Waals surface area contributed by atoms with Gasteiger partial charge in [0.25, 0.3) is 0 Å². The number of hydrogen-bond acceptors (Lipinski definition) is 3. The minimum atomic E-state index is -4.51. The first-order chi connectivity index (χ1) is 16.2. The van der Waals surface area contributed by atoms with Gasteiger partial charge in [0.2, 0.25) is 0 Å². The van der Waals surface area contributed by atoms with Crippen LogP contribution in [-0.4, -0.2) is 33.5 Å². The van der Waals surface area contributed by atoms with Gasteiger partial charge in [-0.1, -0.05) is 18.2 Å². The van der Waals surface area contributed by atoms with Gasteiger partial charge < -0.3 is 9.84 Å². The second-order valence-electron chi connectivity index (χ2n) is 9.47. The highest BCUT2D eigenvalue weighted by atomic mass is 19.4. The zero-order valence-corrected chi connectivity index (χ0v) is 18.7. The fourth-order valence-corrected chi connectivity index (χ4v) is 5.94. The number of aliphatic hydroxyl groups is 1. The summed E-state index contributed by atoms with van der Waals surface area (Å²) >= 11 is 0. The van der Waals surface area contributed by atoms with Crippen molar-refractivity contribution >= 4 is 0 Å². The third-order valence-corrected chi connectivity index (χ3v) is 7.51. The number of benzene rings is 2. The molecule has 1 aliphatic carbocycles. The SMILES string of the molecule is Cc1ccc(-n2cncc2C(F)(F)F)cc1[C@H]1CO[C@]2(CC[C@H](CO)[C@H]2c2ccc(F)cc2)C1. The molecule has 4 atom stereocenters. The van der Waals surface area contributed by atoms with Crippen LogP contribution in [0.3, 0.4) is 0 Å². The molecule has 5 rings (SSSR count). The molecule has 2 heterocycles. The molecule has 1 spiro atoms. The topological polar surface area (TPSA) is 47.3 Å². The summed E-state index contributed by atoms with van der Waals surface area (Å²) in [6.45, 7) is 2.41. The zero-order chi connectivity index (χ0) is 24.1. The highest BCUT2D eigenvalue weighted by Gasteiger charge is 2.54. The van der Waals surface area contributed by atoms with Crippen LogP contribution in [0.25, 0.3) is 5.69 Å². The standard InChI is InChI=1S/C26H26F4N2O2/c1-16-2-7-21(32-15-31-12-23(32)26(28,29)30)10-22(16)19-11-25(34-14-19)9-8-18(13-33)24(25)17-3-5-20(27)6-4-17/h2-7,10,12,15,18-19,24,33H,8-9,11,13-14H2,1H3/t18-,19-,24-,25-/m1/s1. The number of nitrogens with zero attached hydrogens (tertiary/aromatic N) is 2. The molecule has 1 saturated heterocycles. The predicted molar refractivity (Wildman–Crippen MR) is 118 cm³/mol. The van der Waals surface area contributed by atoms with Crippen molar-refractivity contribution in [3.05, 3.63) is 83.2 Å². The maximum atomic E-state index is 13.5. The molecule has 8 heteroatoms.